The second kappa shape index (κ2) is 11.1. The molecule has 0 saturated carbocycles. The summed E-state index contributed by atoms with van der Waals surface area (Å²) in [5, 5.41) is 6.63. The zero-order valence-corrected chi connectivity index (χ0v) is 18.6. The van der Waals surface area contributed by atoms with Crippen LogP contribution in [0, 0.1) is 6.92 Å². The van der Waals surface area contributed by atoms with Crippen molar-refractivity contribution in [3.63, 3.8) is 0 Å². The molecule has 0 aliphatic heterocycles. The van der Waals surface area contributed by atoms with Gasteiger partial charge in [-0.3, -0.25) is 10.2 Å². The molecule has 0 atom stereocenters. The maximum atomic E-state index is 11.5. The number of esters is 1. The average molecular weight is 440 g/mol. The van der Waals surface area contributed by atoms with E-state index in [1.165, 1.54) is 16.9 Å². The number of nitrogens with one attached hydrogen (secondary N) is 1. The van der Waals surface area contributed by atoms with Crippen LogP contribution in [-0.2, 0) is 22.6 Å². The lowest BCUT2D eigenvalue weighted by Crippen LogP contribution is -2.07. The number of hydrogen-bond acceptors (Lipinski definition) is 8. The van der Waals surface area contributed by atoms with Crippen LogP contribution in [0.15, 0.2) is 52.9 Å². The third-order valence-electron chi connectivity index (χ3n) is 4.39. The van der Waals surface area contributed by atoms with E-state index in [9.17, 15) is 4.79 Å². The Kier molecular flexibility index (Phi) is 8.00. The molecular formula is C23H25N3O4S. The maximum absolute atomic E-state index is 11.5. The third-order valence-corrected chi connectivity index (χ3v) is 5.18. The number of carbonyl (C=O) groups is 1. The number of hydrazone groups is 1. The predicted molar refractivity (Wildman–Crippen MR) is 122 cm³/mol. The highest BCUT2D eigenvalue weighted by molar-refractivity contribution is 7.13. The molecule has 1 N–H and O–H groups in total. The average Bonchev–Trinajstić information content (AvgIpc) is 3.20. The number of carbonyl (C=O) groups excluding carboxylic acids is 1. The van der Waals surface area contributed by atoms with Gasteiger partial charge in [0.1, 0.15) is 6.61 Å². The van der Waals surface area contributed by atoms with Gasteiger partial charge in [0.25, 0.3) is 0 Å². The molecule has 1 heterocycles. The molecule has 0 unspecified atom stereocenters. The minimum Gasteiger partial charge on any atom is -0.493 e. The molecule has 0 aliphatic carbocycles. The maximum Gasteiger partial charge on any atom is 0.311 e. The van der Waals surface area contributed by atoms with E-state index in [1.807, 2.05) is 36.4 Å². The fraction of sp³-hybridized carbons (Fsp3) is 0.261. The second-order valence-corrected chi connectivity index (χ2v) is 7.48. The predicted octanol–water partition coefficient (Wildman–Crippen LogP) is 4.59. The van der Waals surface area contributed by atoms with Gasteiger partial charge in [0.05, 0.1) is 32.0 Å². The van der Waals surface area contributed by atoms with Crippen molar-refractivity contribution in [2.24, 2.45) is 5.10 Å². The quantitative estimate of drug-likeness (QED) is 0.283. The first-order valence-corrected chi connectivity index (χ1v) is 10.7. The van der Waals surface area contributed by atoms with Crippen molar-refractivity contribution in [3.05, 3.63) is 70.2 Å². The van der Waals surface area contributed by atoms with Crippen LogP contribution in [0.25, 0.3) is 0 Å². The molecule has 0 bridgehead atoms. The Morgan fingerprint density at radius 2 is 2.06 bits per heavy atom. The number of benzene rings is 2. The summed E-state index contributed by atoms with van der Waals surface area (Å²) in [6, 6.07) is 13.7. The Morgan fingerprint density at radius 3 is 2.84 bits per heavy atom. The van der Waals surface area contributed by atoms with Crippen LogP contribution in [-0.4, -0.2) is 30.9 Å². The van der Waals surface area contributed by atoms with E-state index in [-0.39, 0.29) is 12.4 Å². The van der Waals surface area contributed by atoms with Crippen molar-refractivity contribution in [1.29, 1.82) is 0 Å². The molecule has 0 spiro atoms. The van der Waals surface area contributed by atoms with Crippen molar-refractivity contribution in [1.82, 2.24) is 4.98 Å². The van der Waals surface area contributed by atoms with Gasteiger partial charge in [0, 0.05) is 5.38 Å². The largest absolute Gasteiger partial charge is 0.493 e. The Bertz CT molecular complexity index is 1050. The molecule has 7 nitrogen and oxygen atoms in total. The van der Waals surface area contributed by atoms with E-state index in [4.69, 9.17) is 14.2 Å². The summed E-state index contributed by atoms with van der Waals surface area (Å²) in [6.45, 7) is 4.64. The second-order valence-electron chi connectivity index (χ2n) is 6.62. The molecular weight excluding hydrogens is 414 g/mol. The molecule has 2 aromatic carbocycles. The van der Waals surface area contributed by atoms with Gasteiger partial charge in [-0.25, -0.2) is 4.98 Å². The van der Waals surface area contributed by atoms with Crippen LogP contribution in [0.1, 0.15) is 29.3 Å². The molecule has 8 heteroatoms. The Labute approximate surface area is 185 Å². The van der Waals surface area contributed by atoms with E-state index >= 15 is 0 Å². The fourth-order valence-electron chi connectivity index (χ4n) is 2.78. The third kappa shape index (κ3) is 6.55. The van der Waals surface area contributed by atoms with Crippen molar-refractivity contribution < 1.29 is 19.0 Å². The fourth-order valence-corrected chi connectivity index (χ4v) is 3.43. The van der Waals surface area contributed by atoms with E-state index < -0.39 is 0 Å². The number of hydrogen-bond donors (Lipinski definition) is 1. The standard InChI is InChI=1S/C23H25N3O4S/c1-4-29-22(27)12-19-15-31-23(25-19)26-24-13-17-9-10-20(28-3)21(11-17)30-14-18-8-6-5-7-16(18)2/h5-11,13,15H,4,12,14H2,1-3H3,(H,25,26). The summed E-state index contributed by atoms with van der Waals surface area (Å²) >= 11 is 1.37. The van der Waals surface area contributed by atoms with Gasteiger partial charge >= 0.3 is 5.97 Å². The summed E-state index contributed by atoms with van der Waals surface area (Å²) in [6.07, 6.45) is 1.82. The van der Waals surface area contributed by atoms with E-state index in [1.54, 1.807) is 25.6 Å². The summed E-state index contributed by atoms with van der Waals surface area (Å²) in [4.78, 5) is 15.9. The molecule has 1 aromatic heterocycles. The number of nitrogens with zero attached hydrogens (tertiary/aromatic N) is 2. The minimum absolute atomic E-state index is 0.149. The molecule has 31 heavy (non-hydrogen) atoms. The first-order chi connectivity index (χ1) is 15.1. The van der Waals surface area contributed by atoms with Gasteiger partial charge in [-0.1, -0.05) is 24.3 Å². The van der Waals surface area contributed by atoms with Crippen molar-refractivity contribution >= 4 is 28.7 Å². The van der Waals surface area contributed by atoms with Crippen LogP contribution in [0.5, 0.6) is 11.5 Å². The van der Waals surface area contributed by atoms with Crippen LogP contribution in [0.2, 0.25) is 0 Å². The minimum atomic E-state index is -0.292. The van der Waals surface area contributed by atoms with Gasteiger partial charge in [0.15, 0.2) is 11.5 Å². The monoisotopic (exact) mass is 439 g/mol. The van der Waals surface area contributed by atoms with Gasteiger partial charge in [-0.15, -0.1) is 11.3 Å². The Hall–Kier alpha value is -3.39. The summed E-state index contributed by atoms with van der Waals surface area (Å²) in [7, 11) is 1.61. The SMILES string of the molecule is CCOC(=O)Cc1csc(NN=Cc2ccc(OC)c(OCc3ccccc3C)c2)n1. The van der Waals surface area contributed by atoms with Crippen molar-refractivity contribution in [3.8, 4) is 11.5 Å². The number of ether oxygens (including phenoxy) is 3. The molecule has 0 aliphatic rings. The summed E-state index contributed by atoms with van der Waals surface area (Å²) in [5.74, 6) is 1.00. The first-order valence-electron chi connectivity index (χ1n) is 9.83. The molecule has 0 saturated heterocycles. The van der Waals surface area contributed by atoms with Crippen molar-refractivity contribution in [2.45, 2.75) is 26.9 Å². The lowest BCUT2D eigenvalue weighted by atomic mass is 10.1. The van der Waals surface area contributed by atoms with Crippen LogP contribution >= 0.6 is 11.3 Å². The lowest BCUT2D eigenvalue weighted by Gasteiger charge is -2.12. The zero-order valence-electron chi connectivity index (χ0n) is 17.8. The number of aromatic nitrogens is 1. The topological polar surface area (TPSA) is 82.0 Å². The van der Waals surface area contributed by atoms with E-state index in [2.05, 4.69) is 28.5 Å². The highest BCUT2D eigenvalue weighted by Crippen LogP contribution is 2.28. The van der Waals surface area contributed by atoms with Gasteiger partial charge in [-0.2, -0.15) is 5.10 Å². The van der Waals surface area contributed by atoms with E-state index in [0.29, 0.717) is 35.5 Å². The van der Waals surface area contributed by atoms with Crippen LogP contribution < -0.4 is 14.9 Å². The number of aryl methyl sites for hydroxylation is 1. The van der Waals surface area contributed by atoms with Gasteiger partial charge < -0.3 is 14.2 Å². The normalized spacial score (nSPS) is 10.8. The molecule has 3 aromatic rings. The van der Waals surface area contributed by atoms with Crippen LogP contribution in [0.4, 0.5) is 5.13 Å². The van der Waals surface area contributed by atoms with E-state index in [0.717, 1.165) is 11.1 Å². The number of anilines is 1. The number of rotatable bonds is 10. The number of methoxy groups -OCH3 is 1. The summed E-state index contributed by atoms with van der Waals surface area (Å²) < 4.78 is 16.3. The zero-order chi connectivity index (χ0) is 22.1. The van der Waals surface area contributed by atoms with Crippen LogP contribution in [0.3, 0.4) is 0 Å². The highest BCUT2D eigenvalue weighted by atomic mass is 32.1. The molecule has 0 amide bonds. The molecule has 0 radical (unpaired) electrons. The molecule has 162 valence electrons. The lowest BCUT2D eigenvalue weighted by molar-refractivity contribution is -0.142. The van der Waals surface area contributed by atoms with Gasteiger partial charge in [0.2, 0.25) is 5.13 Å². The van der Waals surface area contributed by atoms with Gasteiger partial charge in [-0.05, 0) is 48.7 Å². The smallest absolute Gasteiger partial charge is 0.311 e. The Morgan fingerprint density at radius 1 is 1.23 bits per heavy atom. The molecule has 0 fully saturated rings. The van der Waals surface area contributed by atoms with Crippen molar-refractivity contribution in [2.75, 3.05) is 19.1 Å². The summed E-state index contributed by atoms with van der Waals surface area (Å²) in [5.41, 5.74) is 6.67. The number of thiazole rings is 1. The molecule has 3 rings (SSSR count). The first kappa shape index (κ1) is 22.3. The Balaban J connectivity index is 1.62. The highest BCUT2D eigenvalue weighted by Gasteiger charge is 2.09.